The Morgan fingerprint density at radius 3 is 2.76 bits per heavy atom. The van der Waals surface area contributed by atoms with Gasteiger partial charge in [0.15, 0.2) is 5.65 Å². The molecule has 0 saturated carbocycles. The molecule has 0 bridgehead atoms. The zero-order valence-corrected chi connectivity index (χ0v) is 19.5. The fraction of sp³-hybridized carbons (Fsp3) is 0.360. The molecule has 0 aliphatic carbocycles. The van der Waals surface area contributed by atoms with Crippen molar-refractivity contribution in [1.29, 1.82) is 0 Å². The Kier molecular flexibility index (Phi) is 5.25. The Morgan fingerprint density at radius 1 is 1.12 bits per heavy atom. The Labute approximate surface area is 192 Å². The lowest BCUT2D eigenvalue weighted by Crippen LogP contribution is -2.23. The van der Waals surface area contributed by atoms with Crippen LogP contribution in [0.5, 0.6) is 0 Å². The van der Waals surface area contributed by atoms with Crippen LogP contribution in [0.4, 0.5) is 11.6 Å². The van der Waals surface area contributed by atoms with E-state index in [0.29, 0.717) is 23.5 Å². The highest BCUT2D eigenvalue weighted by Gasteiger charge is 2.20. The normalized spacial score (nSPS) is 13.8. The Morgan fingerprint density at radius 2 is 1.97 bits per heavy atom. The number of pyridine rings is 1. The van der Waals surface area contributed by atoms with Crippen LogP contribution in [-0.2, 0) is 24.9 Å². The smallest absolute Gasteiger partial charge is 0.278 e. The summed E-state index contributed by atoms with van der Waals surface area (Å²) in [6.07, 6.45) is 4.44. The zero-order chi connectivity index (χ0) is 23.2. The van der Waals surface area contributed by atoms with Gasteiger partial charge < -0.3 is 10.6 Å². The van der Waals surface area contributed by atoms with Gasteiger partial charge in [-0.1, -0.05) is 26.8 Å². The predicted molar refractivity (Wildman–Crippen MR) is 130 cm³/mol. The van der Waals surface area contributed by atoms with Crippen molar-refractivity contribution in [2.75, 3.05) is 11.9 Å². The standard InChI is InChI=1S/C25H29N7O/c1-5-31-23(33)20-15-28-24(29-18-7-6-16-8-10-26-14-17(16)12-18)30-22(20)32(31)19-9-11-27-21(13-19)25(2,3)4/h6-7,9,11-13,15,26H,5,8,10,14H2,1-4H3,(H,28,29,30). The maximum Gasteiger partial charge on any atom is 0.278 e. The minimum Gasteiger partial charge on any atom is -0.324 e. The first-order valence-corrected chi connectivity index (χ1v) is 11.4. The molecule has 0 spiro atoms. The van der Waals surface area contributed by atoms with Crippen LogP contribution < -0.4 is 16.2 Å². The monoisotopic (exact) mass is 443 g/mol. The number of fused-ring (bicyclic) bond motifs is 2. The van der Waals surface area contributed by atoms with Gasteiger partial charge in [0.25, 0.3) is 5.56 Å². The molecule has 8 heteroatoms. The molecule has 33 heavy (non-hydrogen) atoms. The van der Waals surface area contributed by atoms with Crippen LogP contribution >= 0.6 is 0 Å². The van der Waals surface area contributed by atoms with Gasteiger partial charge in [0.05, 0.1) is 5.69 Å². The van der Waals surface area contributed by atoms with E-state index in [0.717, 1.165) is 36.6 Å². The quantitative estimate of drug-likeness (QED) is 0.500. The van der Waals surface area contributed by atoms with Gasteiger partial charge >= 0.3 is 0 Å². The number of nitrogens with zero attached hydrogens (tertiary/aromatic N) is 5. The molecule has 1 aromatic carbocycles. The van der Waals surface area contributed by atoms with Gasteiger partial charge in [0.1, 0.15) is 5.39 Å². The van der Waals surface area contributed by atoms with E-state index in [4.69, 9.17) is 4.98 Å². The largest absolute Gasteiger partial charge is 0.324 e. The molecule has 0 amide bonds. The fourth-order valence-corrected chi connectivity index (χ4v) is 4.28. The molecule has 4 heterocycles. The number of rotatable bonds is 4. The minimum atomic E-state index is -0.112. The van der Waals surface area contributed by atoms with Crippen molar-refractivity contribution in [2.24, 2.45) is 0 Å². The van der Waals surface area contributed by atoms with Crippen molar-refractivity contribution in [3.05, 3.63) is 69.9 Å². The molecule has 0 atom stereocenters. The highest BCUT2D eigenvalue weighted by atomic mass is 16.1. The fourth-order valence-electron chi connectivity index (χ4n) is 4.28. The van der Waals surface area contributed by atoms with Crippen LogP contribution in [0.25, 0.3) is 16.7 Å². The third kappa shape index (κ3) is 3.91. The van der Waals surface area contributed by atoms with Gasteiger partial charge in [-0.25, -0.2) is 14.3 Å². The van der Waals surface area contributed by atoms with E-state index < -0.39 is 0 Å². The van der Waals surface area contributed by atoms with Gasteiger partial charge in [-0.05, 0) is 55.3 Å². The summed E-state index contributed by atoms with van der Waals surface area (Å²) >= 11 is 0. The van der Waals surface area contributed by atoms with E-state index in [2.05, 4.69) is 59.6 Å². The van der Waals surface area contributed by atoms with Crippen molar-refractivity contribution < 1.29 is 0 Å². The molecular formula is C25H29N7O. The van der Waals surface area contributed by atoms with Gasteiger partial charge in [0, 0.05) is 42.3 Å². The first-order valence-electron chi connectivity index (χ1n) is 11.4. The second-order valence-corrected chi connectivity index (χ2v) is 9.45. The van der Waals surface area contributed by atoms with Crippen molar-refractivity contribution in [3.63, 3.8) is 0 Å². The summed E-state index contributed by atoms with van der Waals surface area (Å²) in [6, 6.07) is 10.3. The number of nitrogens with one attached hydrogen (secondary N) is 2. The molecule has 8 nitrogen and oxygen atoms in total. The minimum absolute atomic E-state index is 0.104. The maximum absolute atomic E-state index is 13.1. The van der Waals surface area contributed by atoms with E-state index in [1.807, 2.05) is 23.7 Å². The second kappa shape index (κ2) is 8.12. The van der Waals surface area contributed by atoms with Crippen LogP contribution in [0.1, 0.15) is 44.5 Å². The molecule has 0 radical (unpaired) electrons. The molecule has 170 valence electrons. The van der Waals surface area contributed by atoms with Crippen LogP contribution in [0, 0.1) is 0 Å². The molecule has 1 aliphatic rings. The molecular weight excluding hydrogens is 414 g/mol. The molecule has 0 unspecified atom stereocenters. The van der Waals surface area contributed by atoms with E-state index in [1.54, 1.807) is 17.1 Å². The molecule has 3 aromatic heterocycles. The van der Waals surface area contributed by atoms with Gasteiger partial charge in [-0.3, -0.25) is 9.78 Å². The Balaban J connectivity index is 1.60. The Hall–Kier alpha value is -3.52. The lowest BCUT2D eigenvalue weighted by molar-refractivity contribution is 0.557. The average molecular weight is 444 g/mol. The number of hydrogen-bond acceptors (Lipinski definition) is 6. The van der Waals surface area contributed by atoms with E-state index in [-0.39, 0.29) is 11.0 Å². The summed E-state index contributed by atoms with van der Waals surface area (Å²) in [5.74, 6) is 0.457. The number of anilines is 2. The topological polar surface area (TPSA) is 89.7 Å². The third-order valence-corrected chi connectivity index (χ3v) is 6.08. The summed E-state index contributed by atoms with van der Waals surface area (Å²) in [7, 11) is 0. The third-order valence-electron chi connectivity index (χ3n) is 6.08. The lowest BCUT2D eigenvalue weighted by Gasteiger charge is -2.19. The van der Waals surface area contributed by atoms with Crippen LogP contribution in [-0.4, -0.2) is 30.9 Å². The molecule has 5 rings (SSSR count). The Bertz CT molecular complexity index is 1390. The van der Waals surface area contributed by atoms with E-state index in [9.17, 15) is 4.79 Å². The highest BCUT2D eigenvalue weighted by molar-refractivity contribution is 5.77. The van der Waals surface area contributed by atoms with Crippen molar-refractivity contribution in [2.45, 2.75) is 52.6 Å². The van der Waals surface area contributed by atoms with Gasteiger partial charge in [-0.2, -0.15) is 4.98 Å². The SMILES string of the molecule is CCn1c(=O)c2cnc(Nc3ccc4c(c3)CNCC4)nc2n1-c1ccnc(C(C)(C)C)c1. The second-order valence-electron chi connectivity index (χ2n) is 9.45. The molecule has 4 aromatic rings. The summed E-state index contributed by atoms with van der Waals surface area (Å²) < 4.78 is 3.56. The number of hydrogen-bond donors (Lipinski definition) is 2. The first-order chi connectivity index (χ1) is 15.8. The van der Waals surface area contributed by atoms with Crippen LogP contribution in [0.2, 0.25) is 0 Å². The van der Waals surface area contributed by atoms with Gasteiger partial charge in [0.2, 0.25) is 5.95 Å². The molecule has 1 aliphatic heterocycles. The van der Waals surface area contributed by atoms with E-state index in [1.165, 1.54) is 11.1 Å². The van der Waals surface area contributed by atoms with Gasteiger partial charge in [-0.15, -0.1) is 0 Å². The number of aromatic nitrogens is 5. The number of benzene rings is 1. The zero-order valence-electron chi connectivity index (χ0n) is 19.5. The lowest BCUT2D eigenvalue weighted by atomic mass is 9.91. The molecule has 2 N–H and O–H groups in total. The molecule has 0 fully saturated rings. The summed E-state index contributed by atoms with van der Waals surface area (Å²) in [5, 5.41) is 7.22. The van der Waals surface area contributed by atoms with Crippen LogP contribution in [0.15, 0.2) is 47.5 Å². The maximum atomic E-state index is 13.1. The van der Waals surface area contributed by atoms with E-state index >= 15 is 0 Å². The van der Waals surface area contributed by atoms with Crippen molar-refractivity contribution in [1.82, 2.24) is 29.6 Å². The predicted octanol–water partition coefficient (Wildman–Crippen LogP) is 3.68. The summed E-state index contributed by atoms with van der Waals surface area (Å²) in [5.41, 5.74) is 5.75. The average Bonchev–Trinajstić information content (AvgIpc) is 3.09. The summed E-state index contributed by atoms with van der Waals surface area (Å²) in [6.45, 7) is 10.7. The first kappa shape index (κ1) is 21.3. The van der Waals surface area contributed by atoms with Crippen LogP contribution in [0.3, 0.4) is 0 Å². The van der Waals surface area contributed by atoms with Crippen molar-refractivity contribution >= 4 is 22.7 Å². The summed E-state index contributed by atoms with van der Waals surface area (Å²) in [4.78, 5) is 26.8. The highest BCUT2D eigenvalue weighted by Crippen LogP contribution is 2.25. The molecule has 0 saturated heterocycles. The van der Waals surface area contributed by atoms with Crippen molar-refractivity contribution in [3.8, 4) is 5.69 Å².